The number of alkyl halides is 9. The summed E-state index contributed by atoms with van der Waals surface area (Å²) in [5.41, 5.74) is -5.49. The van der Waals surface area contributed by atoms with Gasteiger partial charge in [0, 0.05) is 0 Å². The Balaban J connectivity index is 2.11. The van der Waals surface area contributed by atoms with E-state index in [-0.39, 0.29) is 6.07 Å². The predicted molar refractivity (Wildman–Crippen MR) is 78.6 cm³/mol. The molecule has 3 aromatic rings. The smallest absolute Gasteiger partial charge is 0.435 e. The molecular weight excluding hydrogens is 442 g/mol. The van der Waals surface area contributed by atoms with Crippen LogP contribution in [0.3, 0.4) is 0 Å². The quantitative estimate of drug-likeness (QED) is 0.564. The third-order valence-electron chi connectivity index (χ3n) is 3.52. The molecule has 2 heterocycles. The monoisotopic (exact) mass is 448 g/mol. The fourth-order valence-electron chi connectivity index (χ4n) is 2.30. The first-order chi connectivity index (χ1) is 13.6. The van der Waals surface area contributed by atoms with Gasteiger partial charge in [-0.25, -0.2) is 9.37 Å². The lowest BCUT2D eigenvalue weighted by Gasteiger charge is -2.10. The lowest BCUT2D eigenvalue weighted by molar-refractivity contribution is -0.155. The molecule has 2 aromatic heterocycles. The molecule has 15 heteroatoms. The number of aromatic nitrogens is 4. The Kier molecular flexibility index (Phi) is 5.02. The van der Waals surface area contributed by atoms with Crippen LogP contribution in [0.4, 0.5) is 43.9 Å². The third-order valence-corrected chi connectivity index (χ3v) is 3.52. The van der Waals surface area contributed by atoms with E-state index in [1.54, 1.807) is 0 Å². The number of halogens is 10. The van der Waals surface area contributed by atoms with Gasteiger partial charge in [-0.3, -0.25) is 0 Å². The maximum absolute atomic E-state index is 14.1. The van der Waals surface area contributed by atoms with Crippen LogP contribution in [0.5, 0.6) is 6.01 Å². The number of aromatic amines is 1. The maximum Gasteiger partial charge on any atom is 0.435 e. The van der Waals surface area contributed by atoms with Crippen molar-refractivity contribution < 1.29 is 48.6 Å². The Bertz CT molecular complexity index is 1080. The SMILES string of the molecule is Fc1cc(C(F)(F)F)ccc1-c1nc2nc(OCC(F)(F)F)nc(C(F)(F)F)c2[nH]1. The summed E-state index contributed by atoms with van der Waals surface area (Å²) in [4.78, 5) is 11.7. The second kappa shape index (κ2) is 6.98. The second-order valence-electron chi connectivity index (χ2n) is 5.73. The molecule has 0 amide bonds. The Morgan fingerprint density at radius 1 is 0.867 bits per heavy atom. The van der Waals surface area contributed by atoms with E-state index in [0.29, 0.717) is 12.1 Å². The topological polar surface area (TPSA) is 63.7 Å². The zero-order valence-corrected chi connectivity index (χ0v) is 14.0. The summed E-state index contributed by atoms with van der Waals surface area (Å²) in [6.07, 6.45) is -15.0. The second-order valence-corrected chi connectivity index (χ2v) is 5.73. The van der Waals surface area contributed by atoms with Crippen molar-refractivity contribution in [3.63, 3.8) is 0 Å². The first-order valence-electron chi connectivity index (χ1n) is 7.57. The fraction of sp³-hybridized carbons (Fsp3) is 0.267. The number of hydrogen-bond donors (Lipinski definition) is 1. The summed E-state index contributed by atoms with van der Waals surface area (Å²) in [7, 11) is 0. The Morgan fingerprint density at radius 3 is 2.07 bits per heavy atom. The molecule has 30 heavy (non-hydrogen) atoms. The van der Waals surface area contributed by atoms with Gasteiger partial charge in [0.05, 0.1) is 11.1 Å². The van der Waals surface area contributed by atoms with Crippen LogP contribution >= 0.6 is 0 Å². The minimum atomic E-state index is -5.19. The van der Waals surface area contributed by atoms with Gasteiger partial charge in [0.1, 0.15) is 17.2 Å². The van der Waals surface area contributed by atoms with Crippen LogP contribution < -0.4 is 4.74 Å². The molecule has 0 aliphatic rings. The average molecular weight is 448 g/mol. The number of rotatable bonds is 3. The van der Waals surface area contributed by atoms with Gasteiger partial charge in [0.2, 0.25) is 0 Å². The van der Waals surface area contributed by atoms with Gasteiger partial charge in [0.25, 0.3) is 0 Å². The Morgan fingerprint density at radius 2 is 1.53 bits per heavy atom. The lowest BCUT2D eigenvalue weighted by Crippen LogP contribution is -2.21. The number of ether oxygens (including phenoxy) is 1. The van der Waals surface area contributed by atoms with Crippen LogP contribution in [-0.2, 0) is 12.4 Å². The fourth-order valence-corrected chi connectivity index (χ4v) is 2.30. The van der Waals surface area contributed by atoms with Gasteiger partial charge in [-0.15, -0.1) is 0 Å². The van der Waals surface area contributed by atoms with E-state index in [2.05, 4.69) is 19.7 Å². The number of imidazole rings is 1. The highest BCUT2D eigenvalue weighted by molar-refractivity contribution is 5.79. The predicted octanol–water partition coefficient (Wildman–Crippen LogP) is 5.14. The molecule has 0 saturated carbocycles. The highest BCUT2D eigenvalue weighted by atomic mass is 19.4. The number of hydrogen-bond acceptors (Lipinski definition) is 4. The summed E-state index contributed by atoms with van der Waals surface area (Å²) >= 11 is 0. The van der Waals surface area contributed by atoms with Gasteiger partial charge < -0.3 is 9.72 Å². The van der Waals surface area contributed by atoms with Gasteiger partial charge in [-0.05, 0) is 18.2 Å². The molecule has 0 radical (unpaired) electrons. The molecule has 0 atom stereocenters. The highest BCUT2D eigenvalue weighted by Crippen LogP contribution is 2.36. The molecule has 3 rings (SSSR count). The number of fused-ring (bicyclic) bond motifs is 1. The summed E-state index contributed by atoms with van der Waals surface area (Å²) in [6, 6.07) is -0.0909. The highest BCUT2D eigenvalue weighted by Gasteiger charge is 2.38. The van der Waals surface area contributed by atoms with Crippen molar-refractivity contribution in [1.29, 1.82) is 0 Å². The van der Waals surface area contributed by atoms with E-state index in [1.807, 2.05) is 4.98 Å². The first kappa shape index (κ1) is 21.6. The summed E-state index contributed by atoms with van der Waals surface area (Å²) in [6.45, 7) is -1.99. The van der Waals surface area contributed by atoms with E-state index < -0.39 is 70.8 Å². The Hall–Kier alpha value is -3.13. The van der Waals surface area contributed by atoms with Gasteiger partial charge >= 0.3 is 24.5 Å². The largest absolute Gasteiger partial charge is 0.454 e. The molecule has 162 valence electrons. The molecule has 1 aromatic carbocycles. The Labute approximate surface area is 158 Å². The minimum Gasteiger partial charge on any atom is -0.454 e. The van der Waals surface area contributed by atoms with Crippen molar-refractivity contribution in [3.8, 4) is 17.4 Å². The van der Waals surface area contributed by atoms with Crippen LogP contribution in [-0.4, -0.2) is 32.7 Å². The van der Waals surface area contributed by atoms with E-state index in [0.717, 1.165) is 0 Å². The molecule has 0 aliphatic heterocycles. The van der Waals surface area contributed by atoms with Crippen molar-refractivity contribution >= 4 is 11.2 Å². The molecule has 5 nitrogen and oxygen atoms in total. The minimum absolute atomic E-state index is 0.108. The molecule has 0 saturated heterocycles. The van der Waals surface area contributed by atoms with Crippen LogP contribution in [0, 0.1) is 5.82 Å². The number of benzene rings is 1. The normalized spacial score (nSPS) is 13.1. The van der Waals surface area contributed by atoms with Crippen LogP contribution in [0.2, 0.25) is 0 Å². The van der Waals surface area contributed by atoms with E-state index in [9.17, 15) is 43.9 Å². The number of H-pyrrole nitrogens is 1. The summed E-state index contributed by atoms with van der Waals surface area (Å²) in [5.74, 6) is -2.11. The van der Waals surface area contributed by atoms with Crippen molar-refractivity contribution in [2.75, 3.05) is 6.61 Å². The lowest BCUT2D eigenvalue weighted by atomic mass is 10.1. The standard InChI is InChI=1S/C15H6F10N4O/c16-7-3-5(14(20,21)22)1-2-6(7)10-26-8-9(15(23,24)25)27-12(29-11(8)28-10)30-4-13(17,18)19/h1-3H,4H2,(H,26,27,28,29). The van der Waals surface area contributed by atoms with Crippen molar-refractivity contribution in [2.45, 2.75) is 18.5 Å². The van der Waals surface area contributed by atoms with Crippen molar-refractivity contribution in [3.05, 3.63) is 35.3 Å². The zero-order chi connectivity index (χ0) is 22.5. The summed E-state index contributed by atoms with van der Waals surface area (Å²) < 4.78 is 132. The van der Waals surface area contributed by atoms with E-state index in [1.165, 1.54) is 0 Å². The van der Waals surface area contributed by atoms with Gasteiger partial charge in [0.15, 0.2) is 17.9 Å². The van der Waals surface area contributed by atoms with Crippen LogP contribution in [0.25, 0.3) is 22.6 Å². The van der Waals surface area contributed by atoms with Crippen LogP contribution in [0.15, 0.2) is 18.2 Å². The molecule has 0 unspecified atom stereocenters. The molecule has 0 aliphatic carbocycles. The number of nitrogens with one attached hydrogen (secondary N) is 1. The van der Waals surface area contributed by atoms with Gasteiger partial charge in [-0.2, -0.15) is 49.5 Å². The first-order valence-corrected chi connectivity index (χ1v) is 7.57. The summed E-state index contributed by atoms with van der Waals surface area (Å²) in [5, 5.41) is 0. The zero-order valence-electron chi connectivity index (χ0n) is 14.0. The molecule has 0 spiro atoms. The van der Waals surface area contributed by atoms with Crippen molar-refractivity contribution in [1.82, 2.24) is 19.9 Å². The molecular formula is C15H6F10N4O. The third kappa shape index (κ3) is 4.54. The van der Waals surface area contributed by atoms with E-state index >= 15 is 0 Å². The van der Waals surface area contributed by atoms with Crippen molar-refractivity contribution in [2.24, 2.45) is 0 Å². The molecule has 0 fully saturated rings. The van der Waals surface area contributed by atoms with Gasteiger partial charge in [-0.1, -0.05) is 0 Å². The average Bonchev–Trinajstić information content (AvgIpc) is 3.00. The van der Waals surface area contributed by atoms with Crippen LogP contribution in [0.1, 0.15) is 11.3 Å². The number of nitrogens with zero attached hydrogens (tertiary/aromatic N) is 3. The van der Waals surface area contributed by atoms with E-state index in [4.69, 9.17) is 0 Å². The molecule has 1 N–H and O–H groups in total. The molecule has 0 bridgehead atoms. The maximum atomic E-state index is 14.1.